The Morgan fingerprint density at radius 2 is 1.68 bits per heavy atom. The Bertz CT molecular complexity index is 893. The molecule has 1 amide bonds. The molecule has 7 heteroatoms. The van der Waals surface area contributed by atoms with Gasteiger partial charge >= 0.3 is 0 Å². The van der Waals surface area contributed by atoms with E-state index in [2.05, 4.69) is 36.0 Å². The highest BCUT2D eigenvalue weighted by molar-refractivity contribution is 7.89. The van der Waals surface area contributed by atoms with Crippen LogP contribution >= 0.6 is 0 Å². The Kier molecular flexibility index (Phi) is 7.74. The molecule has 1 atom stereocenters. The number of sulfonamides is 1. The van der Waals surface area contributed by atoms with E-state index < -0.39 is 10.0 Å². The zero-order chi connectivity index (χ0) is 20.7. The van der Waals surface area contributed by atoms with Crippen molar-refractivity contribution >= 4 is 15.9 Å². The van der Waals surface area contributed by atoms with Gasteiger partial charge in [0, 0.05) is 19.2 Å². The fourth-order valence-corrected chi connectivity index (χ4v) is 3.76. The first kappa shape index (κ1) is 22.1. The van der Waals surface area contributed by atoms with Crippen molar-refractivity contribution in [1.82, 2.24) is 10.0 Å². The third kappa shape index (κ3) is 5.89. The molecule has 0 fully saturated rings. The van der Waals surface area contributed by atoms with Crippen LogP contribution in [0, 0.1) is 0 Å². The van der Waals surface area contributed by atoms with Gasteiger partial charge in [-0.05, 0) is 42.2 Å². The van der Waals surface area contributed by atoms with E-state index in [0.29, 0.717) is 11.5 Å². The van der Waals surface area contributed by atoms with Crippen LogP contribution in [0.25, 0.3) is 0 Å². The lowest BCUT2D eigenvalue weighted by Crippen LogP contribution is -2.29. The molecule has 2 rings (SSSR count). The van der Waals surface area contributed by atoms with Crippen LogP contribution in [-0.4, -0.2) is 34.6 Å². The minimum absolute atomic E-state index is 0.0465. The quantitative estimate of drug-likeness (QED) is 0.629. The van der Waals surface area contributed by atoms with Gasteiger partial charge in [-0.1, -0.05) is 44.2 Å². The van der Waals surface area contributed by atoms with Crippen molar-refractivity contribution in [2.75, 3.05) is 20.3 Å². The lowest BCUT2D eigenvalue weighted by Gasteiger charge is -2.16. The molecule has 0 aliphatic heterocycles. The molecule has 0 spiro atoms. The maximum absolute atomic E-state index is 12.6. The van der Waals surface area contributed by atoms with E-state index in [9.17, 15) is 13.2 Å². The van der Waals surface area contributed by atoms with Crippen LogP contribution in [-0.2, 0) is 14.8 Å². The molecule has 0 heterocycles. The highest BCUT2D eigenvalue weighted by Crippen LogP contribution is 2.19. The van der Waals surface area contributed by atoms with Gasteiger partial charge < -0.3 is 10.1 Å². The van der Waals surface area contributed by atoms with E-state index in [0.717, 1.165) is 5.56 Å². The maximum Gasteiger partial charge on any atom is 0.251 e. The maximum atomic E-state index is 12.6. The molecular formula is C21H28N2O4S. The van der Waals surface area contributed by atoms with Crippen molar-refractivity contribution in [3.8, 4) is 0 Å². The van der Waals surface area contributed by atoms with Gasteiger partial charge in [-0.3, -0.25) is 4.79 Å². The van der Waals surface area contributed by atoms with Gasteiger partial charge in [0.2, 0.25) is 10.0 Å². The van der Waals surface area contributed by atoms with Gasteiger partial charge in [-0.25, -0.2) is 13.1 Å². The smallest absolute Gasteiger partial charge is 0.251 e. The standard InChI is InChI=1S/C21H28N2O4S/c1-15(2)17-8-10-18(11-9-17)16(3)23-21(24)19-6-5-7-20(14-19)28(25,26)22-12-13-27-4/h5-11,14-16,22H,12-13H2,1-4H3,(H,23,24). The third-order valence-electron chi connectivity index (χ3n) is 4.46. The Balaban J connectivity index is 2.09. The third-order valence-corrected chi connectivity index (χ3v) is 5.91. The summed E-state index contributed by atoms with van der Waals surface area (Å²) in [4.78, 5) is 12.6. The number of nitrogens with one attached hydrogen (secondary N) is 2. The molecule has 152 valence electrons. The second-order valence-corrected chi connectivity index (χ2v) is 8.70. The molecule has 0 aliphatic rings. The molecule has 0 bridgehead atoms. The number of hydrogen-bond donors (Lipinski definition) is 2. The van der Waals surface area contributed by atoms with Crippen LogP contribution in [0.4, 0.5) is 0 Å². The van der Waals surface area contributed by atoms with Crippen molar-refractivity contribution in [2.45, 2.75) is 37.6 Å². The lowest BCUT2D eigenvalue weighted by atomic mass is 9.99. The van der Waals surface area contributed by atoms with Gasteiger partial charge in [0.15, 0.2) is 0 Å². The molecule has 1 unspecified atom stereocenters. The molecule has 2 aromatic carbocycles. The Morgan fingerprint density at radius 1 is 1.04 bits per heavy atom. The highest BCUT2D eigenvalue weighted by atomic mass is 32.2. The van der Waals surface area contributed by atoms with Gasteiger partial charge in [-0.15, -0.1) is 0 Å². The first-order valence-electron chi connectivity index (χ1n) is 9.24. The molecule has 6 nitrogen and oxygen atoms in total. The van der Waals surface area contributed by atoms with E-state index in [-0.39, 0.29) is 30.0 Å². The van der Waals surface area contributed by atoms with Gasteiger partial charge in [0.05, 0.1) is 17.5 Å². The van der Waals surface area contributed by atoms with E-state index in [1.54, 1.807) is 12.1 Å². The summed E-state index contributed by atoms with van der Waals surface area (Å²) in [5.41, 5.74) is 2.52. The highest BCUT2D eigenvalue weighted by Gasteiger charge is 2.17. The number of carbonyl (C=O) groups excluding carboxylic acids is 1. The second-order valence-electron chi connectivity index (χ2n) is 6.93. The van der Waals surface area contributed by atoms with Gasteiger partial charge in [-0.2, -0.15) is 0 Å². The van der Waals surface area contributed by atoms with Crippen molar-refractivity contribution in [3.05, 3.63) is 65.2 Å². The summed E-state index contributed by atoms with van der Waals surface area (Å²) in [6.45, 7) is 6.59. The fraction of sp³-hybridized carbons (Fsp3) is 0.381. The van der Waals surface area contributed by atoms with Crippen LogP contribution in [0.2, 0.25) is 0 Å². The average molecular weight is 405 g/mol. The zero-order valence-corrected chi connectivity index (χ0v) is 17.5. The Morgan fingerprint density at radius 3 is 2.29 bits per heavy atom. The predicted octanol–water partition coefficient (Wildman–Crippen LogP) is 3.23. The Hall–Kier alpha value is -2.22. The number of ether oxygens (including phenoxy) is 1. The summed E-state index contributed by atoms with van der Waals surface area (Å²) in [6.07, 6.45) is 0. The number of benzene rings is 2. The van der Waals surface area contributed by atoms with Crippen molar-refractivity contribution in [3.63, 3.8) is 0 Å². The SMILES string of the molecule is COCCNS(=O)(=O)c1cccc(C(=O)NC(C)c2ccc(C(C)C)cc2)c1. The van der Waals surface area contributed by atoms with E-state index in [1.807, 2.05) is 19.1 Å². The monoisotopic (exact) mass is 404 g/mol. The normalized spacial score (nSPS) is 12.8. The minimum Gasteiger partial charge on any atom is -0.383 e. The van der Waals surface area contributed by atoms with Gasteiger partial charge in [0.25, 0.3) is 5.91 Å². The summed E-state index contributed by atoms with van der Waals surface area (Å²) < 4.78 is 31.9. The molecule has 0 saturated heterocycles. The van der Waals surface area contributed by atoms with Gasteiger partial charge in [0.1, 0.15) is 0 Å². The molecule has 28 heavy (non-hydrogen) atoms. The van der Waals surface area contributed by atoms with Crippen LogP contribution in [0.5, 0.6) is 0 Å². The van der Waals surface area contributed by atoms with Crippen molar-refractivity contribution in [2.24, 2.45) is 0 Å². The number of amides is 1. The zero-order valence-electron chi connectivity index (χ0n) is 16.7. The fourth-order valence-electron chi connectivity index (χ4n) is 2.70. The number of rotatable bonds is 9. The summed E-state index contributed by atoms with van der Waals surface area (Å²) in [5.74, 6) is 0.121. The number of methoxy groups -OCH3 is 1. The van der Waals surface area contributed by atoms with Crippen LogP contribution in [0.1, 0.15) is 54.2 Å². The second kappa shape index (κ2) is 9.82. The lowest BCUT2D eigenvalue weighted by molar-refractivity contribution is 0.0939. The summed E-state index contributed by atoms with van der Waals surface area (Å²) in [5, 5.41) is 2.92. The topological polar surface area (TPSA) is 84.5 Å². The largest absolute Gasteiger partial charge is 0.383 e. The summed E-state index contributed by atoms with van der Waals surface area (Å²) in [7, 11) is -2.20. The Labute approximate surface area is 167 Å². The molecule has 0 saturated carbocycles. The van der Waals surface area contributed by atoms with Crippen LogP contribution in [0.15, 0.2) is 53.4 Å². The van der Waals surface area contributed by atoms with Crippen LogP contribution < -0.4 is 10.0 Å². The molecule has 0 radical (unpaired) electrons. The van der Waals surface area contributed by atoms with Crippen molar-refractivity contribution < 1.29 is 17.9 Å². The van der Waals surface area contributed by atoms with E-state index in [1.165, 1.54) is 24.8 Å². The summed E-state index contributed by atoms with van der Waals surface area (Å²) >= 11 is 0. The van der Waals surface area contributed by atoms with Crippen molar-refractivity contribution in [1.29, 1.82) is 0 Å². The van der Waals surface area contributed by atoms with E-state index >= 15 is 0 Å². The van der Waals surface area contributed by atoms with E-state index in [4.69, 9.17) is 4.74 Å². The first-order valence-corrected chi connectivity index (χ1v) is 10.7. The minimum atomic E-state index is -3.69. The van der Waals surface area contributed by atoms with Crippen LogP contribution in [0.3, 0.4) is 0 Å². The first-order chi connectivity index (χ1) is 13.2. The predicted molar refractivity (Wildman–Crippen MR) is 110 cm³/mol. The average Bonchev–Trinajstić information content (AvgIpc) is 2.68. The molecule has 2 aromatic rings. The molecule has 0 aromatic heterocycles. The molecule has 0 aliphatic carbocycles. The molecular weight excluding hydrogens is 376 g/mol. The summed E-state index contributed by atoms with van der Waals surface area (Å²) in [6, 6.07) is 13.9. The number of carbonyl (C=O) groups is 1. The number of hydrogen-bond acceptors (Lipinski definition) is 4. The molecule has 2 N–H and O–H groups in total.